The molecule has 0 unspecified atom stereocenters. The number of nitrogens with two attached hydrogens (primary N) is 1. The average Bonchev–Trinajstić information content (AvgIpc) is 2.92. The number of nitrogens with zero attached hydrogens (tertiary/aromatic N) is 2. The number of carbonyl (C=O) groups is 1. The van der Waals surface area contributed by atoms with Crippen LogP contribution in [0.15, 0.2) is 27.8 Å². The summed E-state index contributed by atoms with van der Waals surface area (Å²) in [5, 5.41) is 5.27. The Hall–Kier alpha value is -1.73. The molecule has 0 fully saturated rings. The molecule has 0 atom stereocenters. The third kappa shape index (κ3) is 2.57. The van der Waals surface area contributed by atoms with Gasteiger partial charge in [-0.05, 0) is 19.1 Å². The SMILES string of the molecule is Cc1cc(SCc2occc2C(=O)NN)n(C)n1. The summed E-state index contributed by atoms with van der Waals surface area (Å²) in [5.74, 6) is 5.91. The highest BCUT2D eigenvalue weighted by Crippen LogP contribution is 2.25. The number of furan rings is 1. The van der Waals surface area contributed by atoms with Gasteiger partial charge >= 0.3 is 0 Å². The molecule has 2 rings (SSSR count). The molecule has 6 nitrogen and oxygen atoms in total. The molecule has 3 N–H and O–H groups in total. The monoisotopic (exact) mass is 266 g/mol. The van der Waals surface area contributed by atoms with Gasteiger partial charge in [0, 0.05) is 7.05 Å². The van der Waals surface area contributed by atoms with Crippen LogP contribution in [0.5, 0.6) is 0 Å². The van der Waals surface area contributed by atoms with Crippen molar-refractivity contribution in [1.29, 1.82) is 0 Å². The largest absolute Gasteiger partial charge is 0.468 e. The van der Waals surface area contributed by atoms with Crippen molar-refractivity contribution in [3.63, 3.8) is 0 Å². The fraction of sp³-hybridized carbons (Fsp3) is 0.273. The second-order valence-electron chi connectivity index (χ2n) is 3.77. The summed E-state index contributed by atoms with van der Waals surface area (Å²) in [6.45, 7) is 1.93. The van der Waals surface area contributed by atoms with Crippen LogP contribution in [-0.4, -0.2) is 15.7 Å². The van der Waals surface area contributed by atoms with Crippen molar-refractivity contribution in [2.45, 2.75) is 17.7 Å². The predicted octanol–water partition coefficient (Wildman–Crippen LogP) is 1.22. The van der Waals surface area contributed by atoms with E-state index in [4.69, 9.17) is 10.3 Å². The summed E-state index contributed by atoms with van der Waals surface area (Å²) < 4.78 is 7.09. The van der Waals surface area contributed by atoms with Crippen LogP contribution in [0.4, 0.5) is 0 Å². The van der Waals surface area contributed by atoms with E-state index in [1.807, 2.05) is 20.0 Å². The molecule has 0 spiro atoms. The number of thioether (sulfide) groups is 1. The number of hydrazine groups is 1. The number of hydrogen-bond acceptors (Lipinski definition) is 5. The highest BCUT2D eigenvalue weighted by molar-refractivity contribution is 7.98. The van der Waals surface area contributed by atoms with Gasteiger partial charge in [0.25, 0.3) is 5.91 Å². The highest BCUT2D eigenvalue weighted by atomic mass is 32.2. The molecule has 18 heavy (non-hydrogen) atoms. The van der Waals surface area contributed by atoms with Gasteiger partial charge in [-0.25, -0.2) is 5.84 Å². The Morgan fingerprint density at radius 3 is 3.06 bits per heavy atom. The topological polar surface area (TPSA) is 86.1 Å². The predicted molar refractivity (Wildman–Crippen MR) is 67.9 cm³/mol. The molecule has 0 aliphatic heterocycles. The Bertz CT molecular complexity index is 561. The number of nitrogen functional groups attached to an aromatic ring is 1. The molecule has 0 saturated carbocycles. The van der Waals surface area contributed by atoms with E-state index >= 15 is 0 Å². The van der Waals surface area contributed by atoms with Crippen LogP contribution in [-0.2, 0) is 12.8 Å². The van der Waals surface area contributed by atoms with E-state index in [9.17, 15) is 4.79 Å². The quantitative estimate of drug-likeness (QED) is 0.376. The molecule has 1 amide bonds. The Kier molecular flexibility index (Phi) is 3.73. The number of rotatable bonds is 4. The van der Waals surface area contributed by atoms with Crippen molar-refractivity contribution in [3.05, 3.63) is 35.4 Å². The minimum absolute atomic E-state index is 0.347. The Labute approximate surface area is 108 Å². The van der Waals surface area contributed by atoms with Crippen molar-refractivity contribution in [1.82, 2.24) is 15.2 Å². The zero-order valence-electron chi connectivity index (χ0n) is 10.1. The van der Waals surface area contributed by atoms with E-state index in [1.54, 1.807) is 22.5 Å². The fourth-order valence-electron chi connectivity index (χ4n) is 1.59. The molecule has 7 heteroatoms. The van der Waals surface area contributed by atoms with Gasteiger partial charge in [-0.15, -0.1) is 0 Å². The first-order chi connectivity index (χ1) is 8.61. The van der Waals surface area contributed by atoms with Gasteiger partial charge in [0.15, 0.2) is 0 Å². The Morgan fingerprint density at radius 1 is 1.67 bits per heavy atom. The smallest absolute Gasteiger partial charge is 0.268 e. The maximum atomic E-state index is 11.5. The Balaban J connectivity index is 2.09. The van der Waals surface area contributed by atoms with Crippen LogP contribution in [0.1, 0.15) is 21.8 Å². The lowest BCUT2D eigenvalue weighted by atomic mass is 10.2. The third-order valence-electron chi connectivity index (χ3n) is 2.43. The van der Waals surface area contributed by atoms with Crippen molar-refractivity contribution in [2.24, 2.45) is 12.9 Å². The van der Waals surface area contributed by atoms with Gasteiger partial charge in [-0.3, -0.25) is 14.9 Å². The summed E-state index contributed by atoms with van der Waals surface area (Å²) in [6, 6.07) is 3.59. The first-order valence-electron chi connectivity index (χ1n) is 5.32. The number of aryl methyl sites for hydroxylation is 2. The highest BCUT2D eigenvalue weighted by Gasteiger charge is 2.14. The molecular weight excluding hydrogens is 252 g/mol. The van der Waals surface area contributed by atoms with E-state index in [0.29, 0.717) is 17.1 Å². The molecule has 0 aromatic carbocycles. The van der Waals surface area contributed by atoms with Crippen LogP contribution >= 0.6 is 11.8 Å². The lowest BCUT2D eigenvalue weighted by molar-refractivity contribution is 0.0952. The minimum atomic E-state index is -0.347. The normalized spacial score (nSPS) is 10.6. The summed E-state index contributed by atoms with van der Waals surface area (Å²) in [7, 11) is 1.88. The van der Waals surface area contributed by atoms with E-state index in [2.05, 4.69) is 10.5 Å². The summed E-state index contributed by atoms with van der Waals surface area (Å²) in [4.78, 5) is 11.5. The maximum absolute atomic E-state index is 11.5. The lowest BCUT2D eigenvalue weighted by Crippen LogP contribution is -2.30. The van der Waals surface area contributed by atoms with Gasteiger partial charge in [0.1, 0.15) is 5.76 Å². The molecule has 2 heterocycles. The van der Waals surface area contributed by atoms with Gasteiger partial charge in [-0.2, -0.15) is 5.10 Å². The Morgan fingerprint density at radius 2 is 2.44 bits per heavy atom. The first kappa shape index (κ1) is 12.7. The van der Waals surface area contributed by atoms with Crippen LogP contribution in [0.2, 0.25) is 0 Å². The molecule has 0 bridgehead atoms. The second kappa shape index (κ2) is 5.28. The molecule has 2 aromatic rings. The average molecular weight is 266 g/mol. The van der Waals surface area contributed by atoms with Crippen LogP contribution in [0.25, 0.3) is 0 Å². The van der Waals surface area contributed by atoms with Gasteiger partial charge in [0.2, 0.25) is 0 Å². The van der Waals surface area contributed by atoms with Gasteiger partial charge in [-0.1, -0.05) is 11.8 Å². The number of aromatic nitrogens is 2. The molecule has 96 valence electrons. The summed E-state index contributed by atoms with van der Waals surface area (Å²) in [6.07, 6.45) is 1.48. The van der Waals surface area contributed by atoms with E-state index < -0.39 is 0 Å². The molecule has 0 saturated heterocycles. The van der Waals surface area contributed by atoms with E-state index in [1.165, 1.54) is 6.26 Å². The zero-order chi connectivity index (χ0) is 13.1. The molecular formula is C11H14N4O2S. The summed E-state index contributed by atoms with van der Waals surface area (Å²) >= 11 is 1.55. The lowest BCUT2D eigenvalue weighted by Gasteiger charge is -2.02. The van der Waals surface area contributed by atoms with Crippen LogP contribution in [0, 0.1) is 6.92 Å². The van der Waals surface area contributed by atoms with Crippen LogP contribution in [0.3, 0.4) is 0 Å². The molecule has 0 aliphatic carbocycles. The maximum Gasteiger partial charge on any atom is 0.268 e. The first-order valence-corrected chi connectivity index (χ1v) is 6.31. The van der Waals surface area contributed by atoms with E-state index in [0.717, 1.165) is 10.7 Å². The van der Waals surface area contributed by atoms with Gasteiger partial charge < -0.3 is 4.42 Å². The van der Waals surface area contributed by atoms with Crippen molar-refractivity contribution < 1.29 is 9.21 Å². The third-order valence-corrected chi connectivity index (χ3v) is 3.52. The number of nitrogens with one attached hydrogen (secondary N) is 1. The van der Waals surface area contributed by atoms with Crippen molar-refractivity contribution >= 4 is 17.7 Å². The summed E-state index contributed by atoms with van der Waals surface area (Å²) in [5.41, 5.74) is 3.52. The standard InChI is InChI=1S/C11H14N4O2S/c1-7-5-10(15(2)14-7)18-6-9-8(3-4-17-9)11(16)13-12/h3-5H,6,12H2,1-2H3,(H,13,16). The molecule has 0 radical (unpaired) electrons. The fourth-order valence-corrected chi connectivity index (χ4v) is 2.58. The second-order valence-corrected chi connectivity index (χ2v) is 4.76. The van der Waals surface area contributed by atoms with Gasteiger partial charge in [0.05, 0.1) is 28.3 Å². The number of carbonyl (C=O) groups excluding carboxylic acids is 1. The number of amides is 1. The molecule has 0 aliphatic rings. The van der Waals surface area contributed by atoms with Crippen molar-refractivity contribution in [3.8, 4) is 0 Å². The van der Waals surface area contributed by atoms with E-state index in [-0.39, 0.29) is 5.91 Å². The zero-order valence-corrected chi connectivity index (χ0v) is 11.0. The molecule has 2 aromatic heterocycles. The van der Waals surface area contributed by atoms with Crippen LogP contribution < -0.4 is 11.3 Å². The minimum Gasteiger partial charge on any atom is -0.468 e. The number of hydrogen-bond donors (Lipinski definition) is 2. The van der Waals surface area contributed by atoms with Crippen molar-refractivity contribution in [2.75, 3.05) is 0 Å².